The van der Waals surface area contributed by atoms with Gasteiger partial charge in [0.15, 0.2) is 0 Å². The van der Waals surface area contributed by atoms with Gasteiger partial charge in [-0.3, -0.25) is 9.59 Å². The molecule has 0 radical (unpaired) electrons. The van der Waals surface area contributed by atoms with Crippen molar-refractivity contribution in [2.75, 3.05) is 18.4 Å². The van der Waals surface area contributed by atoms with Crippen LogP contribution >= 0.6 is 11.6 Å². The maximum atomic E-state index is 12.5. The first-order valence-electron chi connectivity index (χ1n) is 9.51. The Morgan fingerprint density at radius 1 is 1.29 bits per heavy atom. The van der Waals surface area contributed by atoms with Crippen molar-refractivity contribution in [3.8, 4) is 0 Å². The van der Waals surface area contributed by atoms with E-state index in [2.05, 4.69) is 15.3 Å². The van der Waals surface area contributed by atoms with E-state index in [0.717, 1.165) is 13.0 Å². The molecule has 0 bridgehead atoms. The van der Waals surface area contributed by atoms with E-state index in [4.69, 9.17) is 11.6 Å². The summed E-state index contributed by atoms with van der Waals surface area (Å²) < 4.78 is 0. The molecule has 1 unspecified atom stereocenters. The summed E-state index contributed by atoms with van der Waals surface area (Å²) in [6, 6.07) is 6.92. The number of hydrogen-bond donors (Lipinski definition) is 1. The maximum Gasteiger partial charge on any atom is 0.259 e. The number of nitrogens with zero attached hydrogens (tertiary/aromatic N) is 3. The molecule has 1 atom stereocenters. The van der Waals surface area contributed by atoms with E-state index < -0.39 is 0 Å². The first-order valence-corrected chi connectivity index (χ1v) is 9.89. The molecule has 1 N–H and O–H groups in total. The number of rotatable bonds is 5. The van der Waals surface area contributed by atoms with Crippen LogP contribution in [0.1, 0.15) is 54.5 Å². The summed E-state index contributed by atoms with van der Waals surface area (Å²) in [4.78, 5) is 35.7. The number of carbonyl (C=O) groups excluding carboxylic acids is 2. The summed E-state index contributed by atoms with van der Waals surface area (Å²) in [6.07, 6.45) is 2.98. The lowest BCUT2D eigenvalue weighted by atomic mass is 10.1. The highest BCUT2D eigenvalue weighted by Gasteiger charge is 2.29. The summed E-state index contributed by atoms with van der Waals surface area (Å²) in [5.41, 5.74) is 1.72. The van der Waals surface area contributed by atoms with E-state index in [1.54, 1.807) is 37.4 Å². The first-order chi connectivity index (χ1) is 13.3. The van der Waals surface area contributed by atoms with Gasteiger partial charge in [-0.25, -0.2) is 9.97 Å². The monoisotopic (exact) mass is 400 g/mol. The molecule has 7 heteroatoms. The van der Waals surface area contributed by atoms with Gasteiger partial charge in [0.1, 0.15) is 5.82 Å². The van der Waals surface area contributed by atoms with Gasteiger partial charge in [-0.05, 0) is 43.5 Å². The van der Waals surface area contributed by atoms with Crippen LogP contribution in [-0.2, 0) is 4.79 Å². The first kappa shape index (κ1) is 20.3. The molecule has 2 heterocycles. The Kier molecular flexibility index (Phi) is 6.29. The van der Waals surface area contributed by atoms with Crippen LogP contribution in [0.15, 0.2) is 30.5 Å². The lowest BCUT2D eigenvalue weighted by Crippen LogP contribution is -2.29. The minimum Gasteiger partial charge on any atom is -0.342 e. The van der Waals surface area contributed by atoms with Crippen molar-refractivity contribution >= 4 is 29.1 Å². The van der Waals surface area contributed by atoms with Crippen LogP contribution in [0, 0.1) is 12.8 Å². The molecule has 1 saturated heterocycles. The molecule has 1 aliphatic rings. The minimum atomic E-state index is -0.258. The lowest BCUT2D eigenvalue weighted by Gasteiger charge is -2.17. The summed E-state index contributed by atoms with van der Waals surface area (Å²) in [5.74, 6) is 1.09. The normalized spacial score (nSPS) is 16.5. The average Bonchev–Trinajstić information content (AvgIpc) is 3.13. The van der Waals surface area contributed by atoms with Crippen LogP contribution in [0.4, 0.5) is 5.69 Å². The van der Waals surface area contributed by atoms with Crippen LogP contribution in [0.3, 0.4) is 0 Å². The topological polar surface area (TPSA) is 75.2 Å². The van der Waals surface area contributed by atoms with Gasteiger partial charge in [-0.15, -0.1) is 0 Å². The number of amides is 2. The molecule has 28 heavy (non-hydrogen) atoms. The fourth-order valence-corrected chi connectivity index (χ4v) is 3.44. The quantitative estimate of drug-likeness (QED) is 0.821. The predicted molar refractivity (Wildman–Crippen MR) is 110 cm³/mol. The molecule has 1 aromatic heterocycles. The minimum absolute atomic E-state index is 0.114. The molecule has 1 aromatic carbocycles. The summed E-state index contributed by atoms with van der Waals surface area (Å²) in [7, 11) is 0. The molecule has 0 aliphatic carbocycles. The predicted octanol–water partition coefficient (Wildman–Crippen LogP) is 4.05. The third kappa shape index (κ3) is 4.87. The molecular weight excluding hydrogens is 376 g/mol. The Bertz CT molecular complexity index is 867. The van der Waals surface area contributed by atoms with Crippen LogP contribution < -0.4 is 5.32 Å². The number of nitrogens with one attached hydrogen (secondary N) is 1. The highest BCUT2D eigenvalue weighted by atomic mass is 35.5. The molecule has 0 spiro atoms. The fourth-order valence-electron chi connectivity index (χ4n) is 3.31. The van der Waals surface area contributed by atoms with Gasteiger partial charge in [0.25, 0.3) is 5.91 Å². The highest BCUT2D eigenvalue weighted by molar-refractivity contribution is 6.30. The molecule has 2 aromatic rings. The summed E-state index contributed by atoms with van der Waals surface area (Å²) in [5, 5.41) is 3.44. The van der Waals surface area contributed by atoms with Crippen molar-refractivity contribution < 1.29 is 9.59 Å². The number of likely N-dealkylation sites (tertiary alicyclic amines) is 1. The van der Waals surface area contributed by atoms with E-state index in [9.17, 15) is 9.59 Å². The summed E-state index contributed by atoms with van der Waals surface area (Å²) >= 11 is 5.87. The van der Waals surface area contributed by atoms with E-state index >= 15 is 0 Å². The van der Waals surface area contributed by atoms with Gasteiger partial charge >= 0.3 is 0 Å². The van der Waals surface area contributed by atoms with Crippen molar-refractivity contribution in [3.05, 3.63) is 52.6 Å². The average molecular weight is 401 g/mol. The van der Waals surface area contributed by atoms with Crippen molar-refractivity contribution in [3.63, 3.8) is 0 Å². The fraction of sp³-hybridized carbons (Fsp3) is 0.429. The molecular formula is C21H25ClN4O2. The second-order valence-corrected chi connectivity index (χ2v) is 8.05. The second kappa shape index (κ2) is 8.69. The smallest absolute Gasteiger partial charge is 0.259 e. The van der Waals surface area contributed by atoms with Crippen molar-refractivity contribution in [2.24, 2.45) is 5.92 Å². The molecule has 1 fully saturated rings. The van der Waals surface area contributed by atoms with Crippen LogP contribution in [0.5, 0.6) is 0 Å². The number of benzene rings is 1. The van der Waals surface area contributed by atoms with E-state index in [1.165, 1.54) is 0 Å². The maximum absolute atomic E-state index is 12.5. The van der Waals surface area contributed by atoms with Crippen LogP contribution in [0.25, 0.3) is 0 Å². The van der Waals surface area contributed by atoms with E-state index in [1.807, 2.05) is 18.7 Å². The van der Waals surface area contributed by atoms with Crippen molar-refractivity contribution in [1.29, 1.82) is 0 Å². The molecule has 148 valence electrons. The van der Waals surface area contributed by atoms with Gasteiger partial charge in [0.05, 0.1) is 11.3 Å². The van der Waals surface area contributed by atoms with E-state index in [-0.39, 0.29) is 17.7 Å². The Labute approximate surface area is 170 Å². The number of anilines is 1. The molecule has 3 rings (SSSR count). The lowest BCUT2D eigenvalue weighted by molar-refractivity contribution is -0.130. The molecule has 2 amide bonds. The number of hydrogen-bond acceptors (Lipinski definition) is 4. The third-order valence-electron chi connectivity index (χ3n) is 4.83. The second-order valence-electron chi connectivity index (χ2n) is 7.61. The SMILES string of the molecule is Cc1nc(C2CCN(C(=O)CC(C)C)C2)ncc1C(=O)Nc1ccc(Cl)cc1. The van der Waals surface area contributed by atoms with Gasteiger partial charge in [0.2, 0.25) is 5.91 Å². The number of aryl methyl sites for hydroxylation is 1. The summed E-state index contributed by atoms with van der Waals surface area (Å²) in [6.45, 7) is 7.27. The van der Waals surface area contributed by atoms with Crippen LogP contribution in [-0.4, -0.2) is 39.8 Å². The van der Waals surface area contributed by atoms with E-state index in [0.29, 0.717) is 46.7 Å². The third-order valence-corrected chi connectivity index (χ3v) is 5.09. The number of aromatic nitrogens is 2. The Hall–Kier alpha value is -2.47. The Morgan fingerprint density at radius 3 is 2.64 bits per heavy atom. The van der Waals surface area contributed by atoms with Gasteiger partial charge in [-0.2, -0.15) is 0 Å². The number of halogens is 1. The molecule has 1 aliphatic heterocycles. The van der Waals surface area contributed by atoms with Crippen molar-refractivity contribution in [1.82, 2.24) is 14.9 Å². The van der Waals surface area contributed by atoms with Gasteiger partial charge < -0.3 is 10.2 Å². The number of carbonyl (C=O) groups is 2. The largest absolute Gasteiger partial charge is 0.342 e. The molecule has 0 saturated carbocycles. The Balaban J connectivity index is 1.66. The van der Waals surface area contributed by atoms with Crippen LogP contribution in [0.2, 0.25) is 5.02 Å². The van der Waals surface area contributed by atoms with Crippen molar-refractivity contribution in [2.45, 2.75) is 39.5 Å². The molecule has 6 nitrogen and oxygen atoms in total. The zero-order valence-electron chi connectivity index (χ0n) is 16.4. The Morgan fingerprint density at radius 2 is 2.00 bits per heavy atom. The zero-order chi connectivity index (χ0) is 20.3. The van der Waals surface area contributed by atoms with Gasteiger partial charge in [0, 0.05) is 42.3 Å². The highest BCUT2D eigenvalue weighted by Crippen LogP contribution is 2.26. The van der Waals surface area contributed by atoms with Gasteiger partial charge in [-0.1, -0.05) is 25.4 Å². The standard InChI is InChI=1S/C21H25ClN4O2/c1-13(2)10-19(27)26-9-8-15(12-26)20-23-11-18(14(3)24-20)21(28)25-17-6-4-16(22)5-7-17/h4-7,11,13,15H,8-10,12H2,1-3H3,(H,25,28). The zero-order valence-corrected chi connectivity index (χ0v) is 17.2.